The van der Waals surface area contributed by atoms with Crippen molar-refractivity contribution in [3.63, 3.8) is 0 Å². The second-order valence-electron chi connectivity index (χ2n) is 2.63. The smallest absolute Gasteiger partial charge is 0.0866 e. The van der Waals surface area contributed by atoms with Crippen LogP contribution in [0.2, 0.25) is 0 Å². The van der Waals surface area contributed by atoms with Crippen LogP contribution in [0, 0.1) is 0 Å². The predicted molar refractivity (Wildman–Crippen MR) is 48.9 cm³/mol. The minimum absolute atomic E-state index is 0.870. The van der Waals surface area contributed by atoms with E-state index in [0.717, 1.165) is 11.4 Å². The maximum absolute atomic E-state index is 5.14. The Labute approximate surface area is 70.9 Å². The molecular formula is C8H8N2S. The number of thiocarbonyl (C=S) groups is 1. The Morgan fingerprint density at radius 3 is 3.18 bits per heavy atom. The molecule has 0 saturated carbocycles. The second-order valence-corrected chi connectivity index (χ2v) is 3.11. The Balaban J connectivity index is 2.55. The lowest BCUT2D eigenvalue weighted by molar-refractivity contribution is 1.25. The van der Waals surface area contributed by atoms with Crippen LogP contribution in [0.25, 0.3) is 0 Å². The first-order chi connectivity index (χ1) is 5.29. The van der Waals surface area contributed by atoms with Crippen molar-refractivity contribution in [2.75, 3.05) is 11.9 Å². The zero-order chi connectivity index (χ0) is 7.84. The van der Waals surface area contributed by atoms with Crippen LogP contribution in [0.1, 0.15) is 5.56 Å². The molecule has 0 bridgehead atoms. The Kier molecular flexibility index (Phi) is 1.39. The molecule has 1 aliphatic heterocycles. The molecule has 0 aromatic carbocycles. The van der Waals surface area contributed by atoms with Crippen LogP contribution in [-0.2, 0) is 6.42 Å². The Morgan fingerprint density at radius 2 is 2.45 bits per heavy atom. The molecule has 2 heterocycles. The highest BCUT2D eigenvalue weighted by molar-refractivity contribution is 7.80. The molecule has 2 nitrogen and oxygen atoms in total. The van der Waals surface area contributed by atoms with Gasteiger partial charge in [-0.1, -0.05) is 12.2 Å². The minimum atomic E-state index is 0.870. The van der Waals surface area contributed by atoms with Gasteiger partial charge in [0.15, 0.2) is 0 Å². The predicted octanol–water partition coefficient (Wildman–Crippen LogP) is 1.40. The fourth-order valence-corrected chi connectivity index (χ4v) is 1.55. The summed E-state index contributed by atoms with van der Waals surface area (Å²) in [6.07, 6.45) is 4.55. The number of rotatable bonds is 0. The molecule has 56 valence electrons. The standard InChI is InChI=1S/C8H8N2S/c1-10-7-2-3-9-5-6(7)4-8(10)11/h2-3,5H,4H2,1H3. The van der Waals surface area contributed by atoms with Gasteiger partial charge in [0.25, 0.3) is 0 Å². The number of pyridine rings is 1. The number of nitrogens with zero attached hydrogens (tertiary/aromatic N) is 2. The van der Waals surface area contributed by atoms with Crippen molar-refractivity contribution in [1.82, 2.24) is 4.98 Å². The lowest BCUT2D eigenvalue weighted by atomic mass is 10.2. The number of aromatic nitrogens is 1. The normalized spacial score (nSPS) is 15.4. The summed E-state index contributed by atoms with van der Waals surface area (Å²) in [6.45, 7) is 0. The molecule has 3 heteroatoms. The summed E-state index contributed by atoms with van der Waals surface area (Å²) in [5.41, 5.74) is 2.44. The van der Waals surface area contributed by atoms with Crippen LogP contribution in [0.15, 0.2) is 18.5 Å². The van der Waals surface area contributed by atoms with E-state index in [1.54, 1.807) is 6.20 Å². The number of anilines is 1. The van der Waals surface area contributed by atoms with E-state index in [2.05, 4.69) is 4.98 Å². The largest absolute Gasteiger partial charge is 0.339 e. The molecule has 0 saturated heterocycles. The molecule has 0 radical (unpaired) electrons. The van der Waals surface area contributed by atoms with Gasteiger partial charge in [-0.2, -0.15) is 0 Å². The monoisotopic (exact) mass is 164 g/mol. The van der Waals surface area contributed by atoms with E-state index in [9.17, 15) is 0 Å². The van der Waals surface area contributed by atoms with Gasteiger partial charge < -0.3 is 4.90 Å². The van der Waals surface area contributed by atoms with Gasteiger partial charge >= 0.3 is 0 Å². The Morgan fingerprint density at radius 1 is 1.64 bits per heavy atom. The maximum atomic E-state index is 5.14. The third-order valence-corrected chi connectivity index (χ3v) is 2.37. The third-order valence-electron chi connectivity index (χ3n) is 1.95. The topological polar surface area (TPSA) is 16.1 Å². The summed E-state index contributed by atoms with van der Waals surface area (Å²) < 4.78 is 0. The van der Waals surface area contributed by atoms with Gasteiger partial charge in [0.1, 0.15) is 0 Å². The summed E-state index contributed by atoms with van der Waals surface area (Å²) in [5.74, 6) is 0. The van der Waals surface area contributed by atoms with Gasteiger partial charge in [-0.05, 0) is 6.07 Å². The number of hydrogen-bond acceptors (Lipinski definition) is 2. The molecule has 1 aromatic heterocycles. The van der Waals surface area contributed by atoms with Gasteiger partial charge in [0.2, 0.25) is 0 Å². The first kappa shape index (κ1) is 6.73. The van der Waals surface area contributed by atoms with Crippen LogP contribution < -0.4 is 4.90 Å². The molecule has 0 spiro atoms. The molecule has 0 amide bonds. The van der Waals surface area contributed by atoms with Crippen molar-refractivity contribution < 1.29 is 0 Å². The Hall–Kier alpha value is -0.960. The van der Waals surface area contributed by atoms with E-state index in [4.69, 9.17) is 12.2 Å². The highest BCUT2D eigenvalue weighted by atomic mass is 32.1. The molecule has 0 aliphatic carbocycles. The molecule has 0 N–H and O–H groups in total. The number of fused-ring (bicyclic) bond motifs is 1. The minimum Gasteiger partial charge on any atom is -0.339 e. The van der Waals surface area contributed by atoms with Crippen molar-refractivity contribution in [2.24, 2.45) is 0 Å². The third kappa shape index (κ3) is 0.922. The quantitative estimate of drug-likeness (QED) is 0.539. The van der Waals surface area contributed by atoms with E-state index >= 15 is 0 Å². The van der Waals surface area contributed by atoms with Crippen molar-refractivity contribution >= 4 is 22.9 Å². The van der Waals surface area contributed by atoms with Crippen LogP contribution in [0.3, 0.4) is 0 Å². The molecule has 0 fully saturated rings. The molecule has 11 heavy (non-hydrogen) atoms. The SMILES string of the molecule is CN1C(=S)Cc2cnccc21. The summed E-state index contributed by atoms with van der Waals surface area (Å²) in [5, 5.41) is 0. The number of likely N-dealkylation sites (N-methyl/N-ethyl adjacent to an activating group) is 1. The van der Waals surface area contributed by atoms with E-state index < -0.39 is 0 Å². The molecule has 2 rings (SSSR count). The highest BCUT2D eigenvalue weighted by Gasteiger charge is 2.19. The summed E-state index contributed by atoms with van der Waals surface area (Å²) in [6, 6.07) is 1.99. The summed E-state index contributed by atoms with van der Waals surface area (Å²) in [7, 11) is 1.99. The second kappa shape index (κ2) is 2.27. The van der Waals surface area contributed by atoms with Crippen LogP contribution in [0.4, 0.5) is 5.69 Å². The lowest BCUT2D eigenvalue weighted by Crippen LogP contribution is -2.18. The molecule has 0 unspecified atom stereocenters. The first-order valence-corrected chi connectivity index (χ1v) is 3.89. The van der Waals surface area contributed by atoms with Crippen LogP contribution >= 0.6 is 12.2 Å². The fraction of sp³-hybridized carbons (Fsp3) is 0.250. The average Bonchev–Trinajstić information content (AvgIpc) is 2.30. The van der Waals surface area contributed by atoms with E-state index in [1.807, 2.05) is 24.2 Å². The summed E-state index contributed by atoms with van der Waals surface area (Å²) in [4.78, 5) is 7.05. The highest BCUT2D eigenvalue weighted by Crippen LogP contribution is 2.26. The maximum Gasteiger partial charge on any atom is 0.0866 e. The van der Waals surface area contributed by atoms with Gasteiger partial charge in [0.05, 0.1) is 4.99 Å². The molecule has 0 atom stereocenters. The van der Waals surface area contributed by atoms with Crippen molar-refractivity contribution in [3.05, 3.63) is 24.0 Å². The molecule has 1 aromatic rings. The van der Waals surface area contributed by atoms with Crippen molar-refractivity contribution in [1.29, 1.82) is 0 Å². The van der Waals surface area contributed by atoms with Crippen molar-refractivity contribution in [3.8, 4) is 0 Å². The summed E-state index contributed by atoms with van der Waals surface area (Å²) >= 11 is 5.14. The van der Waals surface area contributed by atoms with E-state index in [-0.39, 0.29) is 0 Å². The first-order valence-electron chi connectivity index (χ1n) is 3.48. The van der Waals surface area contributed by atoms with Gasteiger partial charge in [-0.15, -0.1) is 0 Å². The van der Waals surface area contributed by atoms with Crippen LogP contribution in [-0.4, -0.2) is 17.0 Å². The Bertz CT molecular complexity index is 309. The van der Waals surface area contributed by atoms with Gasteiger partial charge in [0, 0.05) is 37.1 Å². The fourth-order valence-electron chi connectivity index (χ4n) is 1.30. The number of hydrogen-bond donors (Lipinski definition) is 0. The molecular weight excluding hydrogens is 156 g/mol. The van der Waals surface area contributed by atoms with Gasteiger partial charge in [-0.25, -0.2) is 0 Å². The van der Waals surface area contributed by atoms with E-state index in [0.29, 0.717) is 0 Å². The van der Waals surface area contributed by atoms with Crippen LogP contribution in [0.5, 0.6) is 0 Å². The van der Waals surface area contributed by atoms with Gasteiger partial charge in [-0.3, -0.25) is 4.98 Å². The zero-order valence-corrected chi connectivity index (χ0v) is 7.06. The molecule has 1 aliphatic rings. The van der Waals surface area contributed by atoms with E-state index in [1.165, 1.54) is 11.3 Å². The average molecular weight is 164 g/mol. The zero-order valence-electron chi connectivity index (χ0n) is 6.24. The lowest BCUT2D eigenvalue weighted by Gasteiger charge is -2.10. The van der Waals surface area contributed by atoms with Crippen molar-refractivity contribution in [2.45, 2.75) is 6.42 Å².